The number of rotatable bonds is 6. The van der Waals surface area contributed by atoms with Gasteiger partial charge in [-0.3, -0.25) is 4.57 Å². The smallest absolute Gasteiger partial charge is 0.320 e. The van der Waals surface area contributed by atoms with Crippen molar-refractivity contribution < 1.29 is 18.3 Å². The highest BCUT2D eigenvalue weighted by molar-refractivity contribution is 5.46. The number of halogens is 2. The van der Waals surface area contributed by atoms with E-state index in [1.54, 1.807) is 18.2 Å². The van der Waals surface area contributed by atoms with E-state index in [2.05, 4.69) is 4.98 Å². The first-order valence-corrected chi connectivity index (χ1v) is 5.96. The van der Waals surface area contributed by atoms with Crippen LogP contribution in [0, 0.1) is 0 Å². The number of nitrogens with zero attached hydrogens (tertiary/aromatic N) is 2. The molecule has 2 aromatic rings. The molecule has 0 amide bonds. The van der Waals surface area contributed by atoms with Crippen molar-refractivity contribution in [1.29, 1.82) is 0 Å². The molecule has 1 aromatic carbocycles. The van der Waals surface area contributed by atoms with Crippen LogP contribution in [0.3, 0.4) is 0 Å². The quantitative estimate of drug-likeness (QED) is 0.883. The Morgan fingerprint density at radius 2 is 2.20 bits per heavy atom. The molecule has 0 fully saturated rings. The molecule has 0 saturated heterocycles. The molecule has 1 heterocycles. The number of aromatic nitrogens is 2. The summed E-state index contributed by atoms with van der Waals surface area (Å²) in [6.07, 6.45) is 2.51. The summed E-state index contributed by atoms with van der Waals surface area (Å²) in [4.78, 5) is 3.85. The van der Waals surface area contributed by atoms with E-state index in [-0.39, 0.29) is 19.0 Å². The molecule has 0 aliphatic rings. The Hall–Kier alpha value is -2.15. The van der Waals surface area contributed by atoms with Crippen molar-refractivity contribution in [3.8, 4) is 11.5 Å². The largest absolute Gasteiger partial charge is 0.493 e. The predicted molar refractivity (Wildman–Crippen MR) is 68.7 cm³/mol. The van der Waals surface area contributed by atoms with Gasteiger partial charge in [0.05, 0.1) is 7.11 Å². The van der Waals surface area contributed by atoms with Crippen molar-refractivity contribution in [3.63, 3.8) is 0 Å². The first-order chi connectivity index (χ1) is 9.67. The Kier molecular flexibility index (Phi) is 4.52. The van der Waals surface area contributed by atoms with Crippen LogP contribution in [0.2, 0.25) is 0 Å². The summed E-state index contributed by atoms with van der Waals surface area (Å²) in [5.41, 5.74) is 6.36. The van der Waals surface area contributed by atoms with Crippen molar-refractivity contribution in [3.05, 3.63) is 42.0 Å². The molecule has 7 heteroatoms. The van der Waals surface area contributed by atoms with E-state index in [1.165, 1.54) is 19.5 Å². The molecule has 0 aliphatic heterocycles. The first-order valence-electron chi connectivity index (χ1n) is 5.96. The minimum absolute atomic E-state index is 0.0925. The molecule has 1 aromatic heterocycles. The number of hydrogen-bond acceptors (Lipinski definition) is 4. The topological polar surface area (TPSA) is 62.3 Å². The lowest BCUT2D eigenvalue weighted by Gasteiger charge is -2.14. The van der Waals surface area contributed by atoms with Gasteiger partial charge >= 0.3 is 6.55 Å². The molecule has 2 rings (SSSR count). The van der Waals surface area contributed by atoms with Crippen LogP contribution in [0.1, 0.15) is 17.9 Å². The minimum atomic E-state index is -2.65. The third kappa shape index (κ3) is 2.88. The van der Waals surface area contributed by atoms with Crippen LogP contribution in [0.5, 0.6) is 11.5 Å². The van der Waals surface area contributed by atoms with Gasteiger partial charge in [0, 0.05) is 24.5 Å². The van der Waals surface area contributed by atoms with E-state index < -0.39 is 6.55 Å². The number of nitrogens with two attached hydrogens (primary N) is 1. The van der Waals surface area contributed by atoms with E-state index >= 15 is 0 Å². The fraction of sp³-hybridized carbons (Fsp3) is 0.308. The van der Waals surface area contributed by atoms with Crippen molar-refractivity contribution in [2.45, 2.75) is 19.7 Å². The van der Waals surface area contributed by atoms with Crippen LogP contribution in [0.25, 0.3) is 0 Å². The normalized spacial score (nSPS) is 10.8. The van der Waals surface area contributed by atoms with Gasteiger partial charge in [-0.1, -0.05) is 12.1 Å². The first kappa shape index (κ1) is 14.3. The highest BCUT2D eigenvalue weighted by Crippen LogP contribution is 2.31. The molecule has 2 N–H and O–H groups in total. The Morgan fingerprint density at radius 3 is 2.85 bits per heavy atom. The second kappa shape index (κ2) is 6.33. The van der Waals surface area contributed by atoms with Crippen LogP contribution in [-0.4, -0.2) is 16.7 Å². The van der Waals surface area contributed by atoms with E-state index in [0.717, 1.165) is 10.1 Å². The maximum Gasteiger partial charge on any atom is 0.320 e. The average molecular weight is 283 g/mol. The van der Waals surface area contributed by atoms with Gasteiger partial charge in [-0.05, 0) is 6.07 Å². The Balaban J connectivity index is 2.20. The second-order valence-corrected chi connectivity index (χ2v) is 3.97. The maximum absolute atomic E-state index is 12.7. The molecule has 0 atom stereocenters. The number of para-hydroxylation sites is 1. The van der Waals surface area contributed by atoms with Crippen molar-refractivity contribution in [1.82, 2.24) is 9.55 Å². The number of methoxy groups -OCH3 is 1. The van der Waals surface area contributed by atoms with Gasteiger partial charge in [-0.2, -0.15) is 8.78 Å². The van der Waals surface area contributed by atoms with Crippen LogP contribution in [0.15, 0.2) is 30.6 Å². The lowest BCUT2D eigenvalue weighted by molar-refractivity contribution is 0.0631. The Bertz CT molecular complexity index is 550. The third-order valence-corrected chi connectivity index (χ3v) is 2.81. The highest BCUT2D eigenvalue weighted by atomic mass is 19.3. The second-order valence-electron chi connectivity index (χ2n) is 3.97. The summed E-state index contributed by atoms with van der Waals surface area (Å²) in [5.74, 6) is 1.08. The molecular formula is C13H15F2N3O2. The number of hydrogen-bond donors (Lipinski definition) is 1. The molecule has 108 valence electrons. The molecule has 0 saturated carbocycles. The van der Waals surface area contributed by atoms with Crippen LogP contribution >= 0.6 is 0 Å². The standard InChI is InChI=1S/C13H15F2N3O2/c1-19-10-4-2-3-9(7-16)12(10)20-8-11-17-5-6-18(11)13(14)15/h2-6,13H,7-8,16H2,1H3. The molecule has 0 aliphatic carbocycles. The van der Waals surface area contributed by atoms with Gasteiger partial charge in [0.1, 0.15) is 6.61 Å². The van der Waals surface area contributed by atoms with Crippen LogP contribution in [0.4, 0.5) is 8.78 Å². The molecular weight excluding hydrogens is 268 g/mol. The summed E-state index contributed by atoms with van der Waals surface area (Å²) in [6, 6.07) is 5.29. The number of alkyl halides is 2. The van der Waals surface area contributed by atoms with Gasteiger partial charge in [0.25, 0.3) is 0 Å². The molecule has 0 bridgehead atoms. The van der Waals surface area contributed by atoms with E-state index in [0.29, 0.717) is 11.5 Å². The summed E-state index contributed by atoms with van der Waals surface area (Å²) in [5, 5.41) is 0. The summed E-state index contributed by atoms with van der Waals surface area (Å²) in [7, 11) is 1.50. The summed E-state index contributed by atoms with van der Waals surface area (Å²) >= 11 is 0. The van der Waals surface area contributed by atoms with Gasteiger partial charge in [0.2, 0.25) is 0 Å². The zero-order valence-electron chi connectivity index (χ0n) is 10.9. The lowest BCUT2D eigenvalue weighted by atomic mass is 10.2. The van der Waals surface area contributed by atoms with Gasteiger partial charge in [-0.25, -0.2) is 4.98 Å². The van der Waals surface area contributed by atoms with E-state index in [4.69, 9.17) is 15.2 Å². The van der Waals surface area contributed by atoms with Gasteiger partial charge in [0.15, 0.2) is 17.3 Å². The monoisotopic (exact) mass is 283 g/mol. The number of benzene rings is 1. The van der Waals surface area contributed by atoms with Crippen molar-refractivity contribution >= 4 is 0 Å². The molecule has 20 heavy (non-hydrogen) atoms. The number of imidazole rings is 1. The van der Waals surface area contributed by atoms with E-state index in [9.17, 15) is 8.78 Å². The Morgan fingerprint density at radius 1 is 1.40 bits per heavy atom. The van der Waals surface area contributed by atoms with Crippen LogP contribution in [-0.2, 0) is 13.2 Å². The van der Waals surface area contributed by atoms with E-state index in [1.807, 2.05) is 0 Å². The Labute approximate surface area is 114 Å². The minimum Gasteiger partial charge on any atom is -0.493 e. The fourth-order valence-corrected chi connectivity index (χ4v) is 1.82. The maximum atomic E-state index is 12.7. The summed E-state index contributed by atoms with van der Waals surface area (Å²) < 4.78 is 36.9. The molecule has 0 unspecified atom stereocenters. The number of ether oxygens (including phenoxy) is 2. The van der Waals surface area contributed by atoms with Gasteiger partial charge in [-0.15, -0.1) is 0 Å². The molecule has 0 spiro atoms. The molecule has 0 radical (unpaired) electrons. The fourth-order valence-electron chi connectivity index (χ4n) is 1.82. The lowest BCUT2D eigenvalue weighted by Crippen LogP contribution is -2.09. The molecule has 5 nitrogen and oxygen atoms in total. The summed E-state index contributed by atoms with van der Waals surface area (Å²) in [6.45, 7) is -2.48. The average Bonchev–Trinajstić information content (AvgIpc) is 2.93. The predicted octanol–water partition coefficient (Wildman–Crippen LogP) is 2.32. The van der Waals surface area contributed by atoms with Crippen molar-refractivity contribution in [2.24, 2.45) is 5.73 Å². The van der Waals surface area contributed by atoms with Crippen LogP contribution < -0.4 is 15.2 Å². The zero-order chi connectivity index (χ0) is 14.5. The SMILES string of the molecule is COc1cccc(CN)c1OCc1nccn1C(F)F. The third-order valence-electron chi connectivity index (χ3n) is 2.81. The van der Waals surface area contributed by atoms with Crippen molar-refractivity contribution in [2.75, 3.05) is 7.11 Å². The highest BCUT2D eigenvalue weighted by Gasteiger charge is 2.14. The zero-order valence-corrected chi connectivity index (χ0v) is 10.9. The van der Waals surface area contributed by atoms with Gasteiger partial charge < -0.3 is 15.2 Å².